The van der Waals surface area contributed by atoms with Crippen LogP contribution in [0.3, 0.4) is 0 Å². The topological polar surface area (TPSA) is 39.2 Å². The first-order chi connectivity index (χ1) is 7.36. The highest BCUT2D eigenvalue weighted by Gasteiger charge is 2.25. The average Bonchev–Trinajstić information content (AvgIpc) is 2.65. The molecule has 0 radical (unpaired) electrons. The van der Waals surface area contributed by atoms with Gasteiger partial charge >= 0.3 is 5.97 Å². The van der Waals surface area contributed by atoms with E-state index >= 15 is 0 Å². The quantitative estimate of drug-likeness (QED) is 0.619. The lowest BCUT2D eigenvalue weighted by Gasteiger charge is -2.13. The van der Waals surface area contributed by atoms with Crippen molar-refractivity contribution in [2.75, 3.05) is 6.61 Å². The molecule has 5 heteroatoms. The number of aromatic nitrogens is 1. The Morgan fingerprint density at radius 2 is 2.25 bits per heavy atom. The number of ether oxygens (including phenoxy) is 1. The van der Waals surface area contributed by atoms with Crippen LogP contribution in [0.1, 0.15) is 43.8 Å². The molecule has 0 bridgehead atoms. The largest absolute Gasteiger partial charge is 0.465 e. The van der Waals surface area contributed by atoms with Crippen LogP contribution in [0.25, 0.3) is 0 Å². The monoisotopic (exact) mass is 261 g/mol. The smallest absolute Gasteiger partial charge is 0.330 e. The molecular weight excluding hydrogens is 246 g/mol. The van der Waals surface area contributed by atoms with Gasteiger partial charge in [0.2, 0.25) is 0 Å². The van der Waals surface area contributed by atoms with Crippen LogP contribution in [0.2, 0.25) is 0 Å². The number of alkyl halides is 1. The van der Waals surface area contributed by atoms with E-state index in [2.05, 4.69) is 25.8 Å². The predicted octanol–water partition coefficient (Wildman–Crippen LogP) is 3.28. The van der Waals surface area contributed by atoms with Crippen molar-refractivity contribution in [2.24, 2.45) is 0 Å². The van der Waals surface area contributed by atoms with Gasteiger partial charge in [0.1, 0.15) is 0 Å². The van der Waals surface area contributed by atoms with Crippen molar-refractivity contribution in [2.45, 2.75) is 38.5 Å². The third-order valence-electron chi connectivity index (χ3n) is 1.92. The van der Waals surface area contributed by atoms with E-state index in [0.29, 0.717) is 12.3 Å². The first-order valence-corrected chi connectivity index (χ1v) is 6.44. The molecule has 1 aromatic rings. The van der Waals surface area contributed by atoms with Crippen LogP contribution in [0.15, 0.2) is 5.38 Å². The fourth-order valence-corrected chi connectivity index (χ4v) is 2.27. The third-order valence-corrected chi connectivity index (χ3v) is 3.60. The predicted molar refractivity (Wildman–Crippen MR) is 66.0 cm³/mol. The van der Waals surface area contributed by atoms with Gasteiger partial charge in [-0.3, -0.25) is 4.79 Å². The Balaban J connectivity index is 2.82. The van der Waals surface area contributed by atoms with Crippen LogP contribution in [-0.4, -0.2) is 17.6 Å². The molecular formula is C11H16ClNO2S. The molecule has 16 heavy (non-hydrogen) atoms. The summed E-state index contributed by atoms with van der Waals surface area (Å²) in [4.78, 5) is 15.8. The van der Waals surface area contributed by atoms with Crippen LogP contribution in [0.5, 0.6) is 0 Å². The zero-order chi connectivity index (χ0) is 12.3. The maximum atomic E-state index is 11.4. The Bertz CT molecular complexity index is 370. The van der Waals surface area contributed by atoms with E-state index in [-0.39, 0.29) is 5.41 Å². The maximum absolute atomic E-state index is 11.4. The molecule has 0 saturated carbocycles. The van der Waals surface area contributed by atoms with Gasteiger partial charge in [0.15, 0.2) is 5.38 Å². The van der Waals surface area contributed by atoms with E-state index in [9.17, 15) is 4.79 Å². The number of nitrogens with zero attached hydrogens (tertiary/aromatic N) is 1. The summed E-state index contributed by atoms with van der Waals surface area (Å²) in [6.45, 7) is 8.30. The van der Waals surface area contributed by atoms with Crippen LogP contribution in [0, 0.1) is 0 Å². The van der Waals surface area contributed by atoms with Gasteiger partial charge in [-0.2, -0.15) is 0 Å². The molecule has 0 aliphatic rings. The molecule has 0 N–H and O–H groups in total. The van der Waals surface area contributed by atoms with Crippen molar-refractivity contribution in [3.63, 3.8) is 0 Å². The zero-order valence-corrected chi connectivity index (χ0v) is 11.5. The Labute approximate surface area is 105 Å². The number of carbonyl (C=O) groups is 1. The number of thiazole rings is 1. The fourth-order valence-electron chi connectivity index (χ4n) is 1.08. The molecule has 0 aromatic carbocycles. The van der Waals surface area contributed by atoms with E-state index in [4.69, 9.17) is 16.3 Å². The summed E-state index contributed by atoms with van der Waals surface area (Å²) < 4.78 is 4.85. The van der Waals surface area contributed by atoms with Crippen molar-refractivity contribution in [3.05, 3.63) is 16.1 Å². The van der Waals surface area contributed by atoms with E-state index in [0.717, 1.165) is 5.01 Å². The zero-order valence-electron chi connectivity index (χ0n) is 9.91. The Morgan fingerprint density at radius 1 is 1.62 bits per heavy atom. The van der Waals surface area contributed by atoms with Gasteiger partial charge in [-0.05, 0) is 6.92 Å². The van der Waals surface area contributed by atoms with Crippen molar-refractivity contribution < 1.29 is 9.53 Å². The van der Waals surface area contributed by atoms with E-state index in [1.807, 2.05) is 5.38 Å². The van der Waals surface area contributed by atoms with Crippen molar-refractivity contribution in [1.82, 2.24) is 4.98 Å². The molecule has 3 nitrogen and oxygen atoms in total. The molecule has 1 heterocycles. The van der Waals surface area contributed by atoms with Gasteiger partial charge in [0, 0.05) is 10.8 Å². The highest BCUT2D eigenvalue weighted by molar-refractivity contribution is 7.09. The van der Waals surface area contributed by atoms with Crippen LogP contribution >= 0.6 is 22.9 Å². The third kappa shape index (κ3) is 3.19. The van der Waals surface area contributed by atoms with E-state index < -0.39 is 11.3 Å². The highest BCUT2D eigenvalue weighted by Crippen LogP contribution is 2.30. The summed E-state index contributed by atoms with van der Waals surface area (Å²) in [7, 11) is 0. The number of hydrogen-bond donors (Lipinski definition) is 0. The second-order valence-electron chi connectivity index (χ2n) is 4.44. The van der Waals surface area contributed by atoms with Crippen LogP contribution in [-0.2, 0) is 14.9 Å². The summed E-state index contributed by atoms with van der Waals surface area (Å²) in [6, 6.07) is 0. The van der Waals surface area contributed by atoms with Gasteiger partial charge in [-0.15, -0.1) is 22.9 Å². The molecule has 1 aromatic heterocycles. The first-order valence-electron chi connectivity index (χ1n) is 5.13. The molecule has 0 amide bonds. The molecule has 0 spiro atoms. The summed E-state index contributed by atoms with van der Waals surface area (Å²) >= 11 is 7.49. The number of rotatable bonds is 3. The molecule has 1 rings (SSSR count). The van der Waals surface area contributed by atoms with E-state index in [1.165, 1.54) is 11.3 Å². The van der Waals surface area contributed by atoms with Gasteiger partial charge in [-0.25, -0.2) is 4.98 Å². The van der Waals surface area contributed by atoms with Crippen molar-refractivity contribution in [3.8, 4) is 0 Å². The minimum atomic E-state index is -0.799. The lowest BCUT2D eigenvalue weighted by Crippen LogP contribution is -2.13. The number of esters is 1. The van der Waals surface area contributed by atoms with Gasteiger partial charge in [0.05, 0.1) is 17.3 Å². The SMILES string of the molecule is CCOC(=O)C(Cl)c1csc(C(C)(C)C)n1. The highest BCUT2D eigenvalue weighted by atomic mass is 35.5. The normalized spacial score (nSPS) is 13.6. The van der Waals surface area contributed by atoms with Crippen LogP contribution in [0.4, 0.5) is 0 Å². The Hall–Kier alpha value is -0.610. The minimum absolute atomic E-state index is 0.0197. The summed E-state index contributed by atoms with van der Waals surface area (Å²) in [6.07, 6.45) is 0. The number of halogens is 1. The first kappa shape index (κ1) is 13.5. The van der Waals surface area contributed by atoms with E-state index in [1.54, 1.807) is 6.92 Å². The second kappa shape index (κ2) is 5.15. The molecule has 1 unspecified atom stereocenters. The second-order valence-corrected chi connectivity index (χ2v) is 5.74. The number of hydrogen-bond acceptors (Lipinski definition) is 4. The lowest BCUT2D eigenvalue weighted by atomic mass is 9.98. The lowest BCUT2D eigenvalue weighted by molar-refractivity contribution is -0.142. The van der Waals surface area contributed by atoms with Gasteiger partial charge in [0.25, 0.3) is 0 Å². The van der Waals surface area contributed by atoms with Crippen molar-refractivity contribution in [1.29, 1.82) is 0 Å². The van der Waals surface area contributed by atoms with Gasteiger partial charge in [-0.1, -0.05) is 20.8 Å². The molecule has 0 fully saturated rings. The molecule has 1 atom stereocenters. The Morgan fingerprint density at radius 3 is 2.69 bits per heavy atom. The number of carbonyl (C=O) groups excluding carboxylic acids is 1. The molecule has 0 saturated heterocycles. The summed E-state index contributed by atoms with van der Waals surface area (Å²) in [5.74, 6) is -0.435. The maximum Gasteiger partial charge on any atom is 0.330 e. The molecule has 90 valence electrons. The van der Waals surface area contributed by atoms with Gasteiger partial charge < -0.3 is 4.74 Å². The Kier molecular flexibility index (Phi) is 4.33. The summed E-state index contributed by atoms with van der Waals surface area (Å²) in [5.41, 5.74) is 0.559. The molecule has 0 aliphatic carbocycles. The summed E-state index contributed by atoms with van der Waals surface area (Å²) in [5, 5.41) is 1.99. The van der Waals surface area contributed by atoms with Crippen LogP contribution < -0.4 is 0 Å². The fraction of sp³-hybridized carbons (Fsp3) is 0.636. The standard InChI is InChI=1S/C11H16ClNO2S/c1-5-15-9(14)8(12)7-6-16-10(13-7)11(2,3)4/h6,8H,5H2,1-4H3. The average molecular weight is 262 g/mol. The molecule has 0 aliphatic heterocycles. The minimum Gasteiger partial charge on any atom is -0.465 e. The van der Waals surface area contributed by atoms with Crippen molar-refractivity contribution >= 4 is 28.9 Å².